The fourth-order valence-corrected chi connectivity index (χ4v) is 2.19. The second-order valence-corrected chi connectivity index (χ2v) is 4.09. The molecule has 1 atom stereocenters. The molecular weight excluding hydrogens is 235 g/mol. The molecule has 5 heteroatoms. The van der Waals surface area contributed by atoms with Crippen molar-refractivity contribution in [1.82, 2.24) is 10.2 Å². The summed E-state index contributed by atoms with van der Waals surface area (Å²) in [4.78, 5) is 2.57. The molecule has 2 fully saturated rings. The monoisotopic (exact) mass is 256 g/mol. The molecule has 2 saturated heterocycles. The van der Waals surface area contributed by atoms with Gasteiger partial charge in [-0.15, -0.1) is 24.8 Å². The van der Waals surface area contributed by atoms with Crippen molar-refractivity contribution in [1.29, 1.82) is 0 Å². The van der Waals surface area contributed by atoms with Crippen molar-refractivity contribution >= 4 is 24.8 Å². The third-order valence-corrected chi connectivity index (χ3v) is 2.93. The van der Waals surface area contributed by atoms with Crippen molar-refractivity contribution in [3.63, 3.8) is 0 Å². The largest absolute Gasteiger partial charge is 0.378 e. The normalized spacial score (nSPS) is 27.6. The van der Waals surface area contributed by atoms with Crippen LogP contribution in [-0.4, -0.2) is 50.3 Å². The Bertz CT molecular complexity index is 132. The molecule has 0 aromatic rings. The number of halogens is 2. The zero-order valence-corrected chi connectivity index (χ0v) is 10.7. The van der Waals surface area contributed by atoms with Gasteiger partial charge >= 0.3 is 0 Å². The topological polar surface area (TPSA) is 24.5 Å². The predicted octanol–water partition coefficient (Wildman–Crippen LogP) is 1.30. The average Bonchev–Trinajstić information content (AvgIpc) is 2.21. The zero-order chi connectivity index (χ0) is 8.93. The Morgan fingerprint density at radius 1 is 1.13 bits per heavy atom. The van der Waals surface area contributed by atoms with Crippen LogP contribution in [0.15, 0.2) is 0 Å². The van der Waals surface area contributed by atoms with Crippen molar-refractivity contribution in [2.24, 2.45) is 0 Å². The quantitative estimate of drug-likeness (QED) is 0.807. The highest BCUT2D eigenvalue weighted by atomic mass is 35.5. The van der Waals surface area contributed by atoms with E-state index in [-0.39, 0.29) is 24.8 Å². The minimum Gasteiger partial charge on any atom is -0.378 e. The molecule has 2 heterocycles. The van der Waals surface area contributed by atoms with E-state index in [2.05, 4.69) is 10.2 Å². The number of hydrogen-bond acceptors (Lipinski definition) is 3. The van der Waals surface area contributed by atoms with Gasteiger partial charge in [0.15, 0.2) is 0 Å². The Kier molecular flexibility index (Phi) is 8.86. The smallest absolute Gasteiger partial charge is 0.0632 e. The first-order chi connectivity index (χ1) is 6.45. The van der Waals surface area contributed by atoms with Gasteiger partial charge in [0.25, 0.3) is 0 Å². The first-order valence-corrected chi connectivity index (χ1v) is 5.48. The van der Waals surface area contributed by atoms with Gasteiger partial charge in [0.2, 0.25) is 0 Å². The van der Waals surface area contributed by atoms with Gasteiger partial charge in [-0.05, 0) is 25.9 Å². The molecule has 1 unspecified atom stereocenters. The molecule has 3 nitrogen and oxygen atoms in total. The molecule has 92 valence electrons. The molecule has 2 aliphatic rings. The maximum atomic E-state index is 5.43. The molecular formula is C10H22Cl2N2O. The summed E-state index contributed by atoms with van der Waals surface area (Å²) in [6.07, 6.45) is 4.19. The highest BCUT2D eigenvalue weighted by Gasteiger charge is 2.18. The Hall–Kier alpha value is 0.460. The lowest BCUT2D eigenvalue weighted by atomic mass is 10.1. The number of nitrogens with one attached hydrogen (secondary N) is 1. The molecule has 0 amide bonds. The van der Waals surface area contributed by atoms with Gasteiger partial charge in [0.1, 0.15) is 0 Å². The molecule has 0 aromatic heterocycles. The number of rotatable bonds is 2. The molecule has 1 N–H and O–H groups in total. The number of nitrogens with zero attached hydrogens (tertiary/aromatic N) is 1. The van der Waals surface area contributed by atoms with Gasteiger partial charge in [-0.3, -0.25) is 0 Å². The van der Waals surface area contributed by atoms with Crippen LogP contribution in [0.1, 0.15) is 19.3 Å². The predicted molar refractivity (Wildman–Crippen MR) is 67.4 cm³/mol. The molecule has 0 bridgehead atoms. The Labute approximate surface area is 105 Å². The number of ether oxygens (including phenoxy) is 1. The van der Waals surface area contributed by atoms with Crippen LogP contribution in [-0.2, 0) is 4.74 Å². The standard InChI is InChI=1S/C10H20N2O.2ClH/c1-2-5-12(6-3-1)8-10-9-13-7-4-11-10;;/h10-11H,1-9H2;2*1H. The first kappa shape index (κ1) is 15.5. The summed E-state index contributed by atoms with van der Waals surface area (Å²) < 4.78 is 5.43. The molecule has 15 heavy (non-hydrogen) atoms. The third-order valence-electron chi connectivity index (χ3n) is 2.93. The number of piperidine rings is 1. The fraction of sp³-hybridized carbons (Fsp3) is 1.00. The summed E-state index contributed by atoms with van der Waals surface area (Å²) >= 11 is 0. The van der Waals surface area contributed by atoms with Crippen LogP contribution in [0.25, 0.3) is 0 Å². The Balaban J connectivity index is 0.000000980. The van der Waals surface area contributed by atoms with Crippen molar-refractivity contribution in [3.8, 4) is 0 Å². The summed E-state index contributed by atoms with van der Waals surface area (Å²) in [5.41, 5.74) is 0. The minimum absolute atomic E-state index is 0. The summed E-state index contributed by atoms with van der Waals surface area (Å²) in [6, 6.07) is 0.576. The first-order valence-electron chi connectivity index (χ1n) is 5.48. The number of hydrogen-bond donors (Lipinski definition) is 1. The SMILES string of the molecule is C1CCN(CC2COCCN2)CC1.Cl.Cl. The molecule has 0 aromatic carbocycles. The van der Waals surface area contributed by atoms with Crippen LogP contribution >= 0.6 is 24.8 Å². The lowest BCUT2D eigenvalue weighted by molar-refractivity contribution is 0.0589. The molecule has 2 rings (SSSR count). The van der Waals surface area contributed by atoms with Gasteiger partial charge in [0, 0.05) is 19.1 Å². The Morgan fingerprint density at radius 3 is 2.47 bits per heavy atom. The summed E-state index contributed by atoms with van der Waals surface area (Å²) in [7, 11) is 0. The molecule has 0 radical (unpaired) electrons. The third kappa shape index (κ3) is 5.36. The van der Waals surface area contributed by atoms with E-state index in [9.17, 15) is 0 Å². The van der Waals surface area contributed by atoms with Crippen molar-refractivity contribution < 1.29 is 4.74 Å². The molecule has 2 aliphatic heterocycles. The van der Waals surface area contributed by atoms with Crippen molar-refractivity contribution in [3.05, 3.63) is 0 Å². The summed E-state index contributed by atoms with van der Waals surface area (Å²) in [5, 5.41) is 3.50. The average molecular weight is 257 g/mol. The second kappa shape index (κ2) is 8.59. The zero-order valence-electron chi connectivity index (χ0n) is 9.11. The van der Waals surface area contributed by atoms with E-state index in [0.29, 0.717) is 6.04 Å². The van der Waals surface area contributed by atoms with E-state index in [1.165, 1.54) is 38.9 Å². The van der Waals surface area contributed by atoms with Crippen LogP contribution in [0, 0.1) is 0 Å². The van der Waals surface area contributed by atoms with Crippen LogP contribution in [0.3, 0.4) is 0 Å². The van der Waals surface area contributed by atoms with Crippen LogP contribution in [0.2, 0.25) is 0 Å². The second-order valence-electron chi connectivity index (χ2n) is 4.09. The summed E-state index contributed by atoms with van der Waals surface area (Å²) in [6.45, 7) is 6.57. The van der Waals surface area contributed by atoms with E-state index in [1.54, 1.807) is 0 Å². The van der Waals surface area contributed by atoms with E-state index in [4.69, 9.17) is 4.74 Å². The summed E-state index contributed by atoms with van der Waals surface area (Å²) in [5.74, 6) is 0. The molecule has 0 spiro atoms. The molecule has 0 saturated carbocycles. The van der Waals surface area contributed by atoms with Crippen molar-refractivity contribution in [2.45, 2.75) is 25.3 Å². The highest BCUT2D eigenvalue weighted by molar-refractivity contribution is 5.85. The Morgan fingerprint density at radius 2 is 1.87 bits per heavy atom. The van der Waals surface area contributed by atoms with Crippen LogP contribution in [0.4, 0.5) is 0 Å². The minimum atomic E-state index is 0. The van der Waals surface area contributed by atoms with E-state index >= 15 is 0 Å². The molecule has 0 aliphatic carbocycles. The number of likely N-dealkylation sites (tertiary alicyclic amines) is 1. The maximum Gasteiger partial charge on any atom is 0.0632 e. The fourth-order valence-electron chi connectivity index (χ4n) is 2.19. The van der Waals surface area contributed by atoms with Gasteiger partial charge < -0.3 is 15.0 Å². The highest BCUT2D eigenvalue weighted by Crippen LogP contribution is 2.09. The van der Waals surface area contributed by atoms with E-state index in [1.807, 2.05) is 0 Å². The van der Waals surface area contributed by atoms with Crippen LogP contribution in [0.5, 0.6) is 0 Å². The lowest BCUT2D eigenvalue weighted by Crippen LogP contribution is -2.49. The number of morpholine rings is 1. The van der Waals surface area contributed by atoms with Gasteiger partial charge in [-0.2, -0.15) is 0 Å². The van der Waals surface area contributed by atoms with Gasteiger partial charge in [-0.25, -0.2) is 0 Å². The van der Waals surface area contributed by atoms with Crippen molar-refractivity contribution in [2.75, 3.05) is 39.4 Å². The van der Waals surface area contributed by atoms with E-state index in [0.717, 1.165) is 19.8 Å². The van der Waals surface area contributed by atoms with Crippen LogP contribution < -0.4 is 5.32 Å². The van der Waals surface area contributed by atoms with Gasteiger partial charge in [0.05, 0.1) is 13.2 Å². The lowest BCUT2D eigenvalue weighted by Gasteiger charge is -2.32. The maximum absolute atomic E-state index is 5.43. The van der Waals surface area contributed by atoms with Gasteiger partial charge in [-0.1, -0.05) is 6.42 Å². The van der Waals surface area contributed by atoms with E-state index < -0.39 is 0 Å².